The van der Waals surface area contributed by atoms with Crippen LogP contribution in [0.2, 0.25) is 10.0 Å². The highest BCUT2D eigenvalue weighted by atomic mass is 35.5. The van der Waals surface area contributed by atoms with E-state index in [1.54, 1.807) is 26.0 Å². The number of carbonyl (C=O) groups is 3. The fourth-order valence-corrected chi connectivity index (χ4v) is 4.04. The van der Waals surface area contributed by atoms with E-state index in [-0.39, 0.29) is 32.8 Å². The van der Waals surface area contributed by atoms with Gasteiger partial charge in [0.05, 0.1) is 32.9 Å². The van der Waals surface area contributed by atoms with E-state index in [9.17, 15) is 19.5 Å². The number of hydrogen-bond donors (Lipinski definition) is 3. The maximum atomic E-state index is 12.4. The topological polar surface area (TPSA) is 121 Å². The van der Waals surface area contributed by atoms with E-state index in [0.29, 0.717) is 17.1 Å². The molecule has 2 heterocycles. The molecule has 31 heavy (non-hydrogen) atoms. The summed E-state index contributed by atoms with van der Waals surface area (Å²) in [6, 6.07) is 2.11. The van der Waals surface area contributed by atoms with Gasteiger partial charge in [0.25, 0.3) is 5.91 Å². The predicted molar refractivity (Wildman–Crippen MR) is 116 cm³/mol. The summed E-state index contributed by atoms with van der Waals surface area (Å²) >= 11 is 17.9. The van der Waals surface area contributed by atoms with Gasteiger partial charge in [0.2, 0.25) is 0 Å². The lowest BCUT2D eigenvalue weighted by Crippen LogP contribution is -2.50. The average molecular weight is 484 g/mol. The van der Waals surface area contributed by atoms with Crippen LogP contribution in [0.15, 0.2) is 41.5 Å². The van der Waals surface area contributed by atoms with Crippen LogP contribution in [0.3, 0.4) is 0 Å². The molecule has 0 aliphatic heterocycles. The van der Waals surface area contributed by atoms with Gasteiger partial charge in [-0.25, -0.2) is 4.79 Å². The normalized spacial score (nSPS) is 15.8. The van der Waals surface area contributed by atoms with Crippen molar-refractivity contribution in [2.24, 2.45) is 5.41 Å². The Morgan fingerprint density at radius 1 is 1.13 bits per heavy atom. The third-order valence-corrected chi connectivity index (χ3v) is 5.74. The van der Waals surface area contributed by atoms with Crippen LogP contribution in [-0.2, 0) is 16.0 Å². The molecule has 11 heteroatoms. The molecule has 3 N–H and O–H groups in total. The Bertz CT molecular complexity index is 1080. The minimum atomic E-state index is -1.12. The van der Waals surface area contributed by atoms with Gasteiger partial charge in [-0.1, -0.05) is 34.8 Å². The lowest BCUT2D eigenvalue weighted by Gasteiger charge is -2.38. The number of nitrogens with zero attached hydrogens (tertiary/aromatic N) is 2. The summed E-state index contributed by atoms with van der Waals surface area (Å²) in [4.78, 5) is 43.9. The van der Waals surface area contributed by atoms with Crippen molar-refractivity contribution < 1.29 is 19.5 Å². The monoisotopic (exact) mass is 482 g/mol. The first kappa shape index (κ1) is 23.0. The minimum Gasteiger partial charge on any atom is -0.480 e. The van der Waals surface area contributed by atoms with Crippen molar-refractivity contribution in [2.75, 3.05) is 5.32 Å². The first-order valence-electron chi connectivity index (χ1n) is 9.02. The van der Waals surface area contributed by atoms with Gasteiger partial charge in [0.1, 0.15) is 11.1 Å². The number of aromatic nitrogens is 2. The van der Waals surface area contributed by atoms with E-state index in [1.165, 1.54) is 18.6 Å². The molecular formula is C20H17Cl3N4O4. The van der Waals surface area contributed by atoms with Crippen molar-refractivity contribution >= 4 is 58.1 Å². The predicted octanol–water partition coefficient (Wildman–Crippen LogP) is 3.68. The summed E-state index contributed by atoms with van der Waals surface area (Å²) in [5.41, 5.74) is 0.441. The van der Waals surface area contributed by atoms with E-state index in [2.05, 4.69) is 20.6 Å². The van der Waals surface area contributed by atoms with Gasteiger partial charge in [-0.3, -0.25) is 19.6 Å². The number of allylic oxidation sites excluding steroid dienone is 2. The Balaban J connectivity index is 1.70. The fourth-order valence-electron chi connectivity index (χ4n) is 2.98. The van der Waals surface area contributed by atoms with Crippen LogP contribution in [0, 0.1) is 5.41 Å². The summed E-state index contributed by atoms with van der Waals surface area (Å²) < 4.78 is 0. The Morgan fingerprint density at radius 3 is 2.29 bits per heavy atom. The highest BCUT2D eigenvalue weighted by molar-refractivity contribution is 6.47. The second kappa shape index (κ2) is 8.82. The molecule has 162 valence electrons. The number of hydrogen-bond acceptors (Lipinski definition) is 6. The molecule has 1 unspecified atom stereocenters. The molecule has 0 fully saturated rings. The summed E-state index contributed by atoms with van der Waals surface area (Å²) in [5.74, 6) is -1.89. The number of carbonyl (C=O) groups excluding carboxylic acids is 2. The van der Waals surface area contributed by atoms with Crippen LogP contribution in [0.5, 0.6) is 0 Å². The molecule has 0 saturated carbocycles. The molecule has 1 aliphatic rings. The van der Waals surface area contributed by atoms with Gasteiger partial charge < -0.3 is 15.7 Å². The quantitative estimate of drug-likeness (QED) is 0.549. The van der Waals surface area contributed by atoms with Crippen LogP contribution >= 0.6 is 34.8 Å². The van der Waals surface area contributed by atoms with E-state index in [0.717, 1.165) is 0 Å². The Morgan fingerprint density at radius 2 is 1.77 bits per heavy atom. The highest BCUT2D eigenvalue weighted by Gasteiger charge is 2.47. The van der Waals surface area contributed by atoms with Crippen molar-refractivity contribution in [3.8, 4) is 0 Å². The van der Waals surface area contributed by atoms with Crippen molar-refractivity contribution in [2.45, 2.75) is 26.3 Å². The van der Waals surface area contributed by atoms with Gasteiger partial charge in [0.15, 0.2) is 5.78 Å². The number of rotatable bonds is 7. The minimum absolute atomic E-state index is 0.00991. The maximum absolute atomic E-state index is 12.4. The molecule has 8 nitrogen and oxygen atoms in total. The first-order chi connectivity index (χ1) is 14.5. The Hall–Kier alpha value is -2.68. The number of carboxylic acid groups (broad SMARTS) is 1. The number of aliphatic carboxylic acids is 1. The smallest absolute Gasteiger partial charge is 0.326 e. The average Bonchev–Trinajstić information content (AvgIpc) is 2.71. The van der Waals surface area contributed by atoms with Crippen LogP contribution < -0.4 is 10.6 Å². The molecule has 0 bridgehead atoms. The fraction of sp³-hybridized carbons (Fsp3) is 0.250. The first-order valence-corrected chi connectivity index (χ1v) is 10.2. The van der Waals surface area contributed by atoms with E-state index in [4.69, 9.17) is 34.8 Å². The molecule has 0 spiro atoms. The Labute approximate surface area is 192 Å². The zero-order valence-electron chi connectivity index (χ0n) is 16.4. The molecule has 0 radical (unpaired) electrons. The molecule has 0 saturated heterocycles. The molecule has 2 aromatic rings. The van der Waals surface area contributed by atoms with Gasteiger partial charge >= 0.3 is 5.97 Å². The second-order valence-corrected chi connectivity index (χ2v) is 8.55. The third kappa shape index (κ3) is 4.66. The number of amides is 1. The summed E-state index contributed by atoms with van der Waals surface area (Å²) in [6.45, 7) is 3.33. The van der Waals surface area contributed by atoms with Crippen LogP contribution in [0.1, 0.15) is 29.9 Å². The largest absolute Gasteiger partial charge is 0.480 e. The zero-order valence-corrected chi connectivity index (χ0v) is 18.6. The van der Waals surface area contributed by atoms with Crippen LogP contribution in [0.25, 0.3) is 0 Å². The van der Waals surface area contributed by atoms with Crippen LogP contribution in [-0.4, -0.2) is 38.8 Å². The van der Waals surface area contributed by atoms with Crippen molar-refractivity contribution in [3.05, 3.63) is 62.8 Å². The zero-order chi connectivity index (χ0) is 22.9. The number of ketones is 1. The molecule has 1 atom stereocenters. The van der Waals surface area contributed by atoms with Crippen molar-refractivity contribution in [1.29, 1.82) is 0 Å². The molecular weight excluding hydrogens is 467 g/mol. The molecule has 3 rings (SSSR count). The van der Waals surface area contributed by atoms with Gasteiger partial charge in [-0.05, 0) is 26.0 Å². The summed E-state index contributed by atoms with van der Waals surface area (Å²) in [6.07, 6.45) is 4.03. The number of Topliss-reactive ketones (excluding diaryl/α,β-unsaturated/α-hetero) is 1. The lowest BCUT2D eigenvalue weighted by atomic mass is 9.74. The molecule has 2 aromatic heterocycles. The summed E-state index contributed by atoms with van der Waals surface area (Å²) in [7, 11) is 0. The Kier molecular flexibility index (Phi) is 6.54. The highest BCUT2D eigenvalue weighted by Crippen LogP contribution is 2.42. The van der Waals surface area contributed by atoms with E-state index >= 15 is 0 Å². The lowest BCUT2D eigenvalue weighted by molar-refractivity contribution is -0.139. The van der Waals surface area contributed by atoms with E-state index in [1.807, 2.05) is 0 Å². The molecule has 1 amide bonds. The second-order valence-electron chi connectivity index (χ2n) is 7.35. The van der Waals surface area contributed by atoms with Crippen molar-refractivity contribution in [3.63, 3.8) is 0 Å². The van der Waals surface area contributed by atoms with Crippen molar-refractivity contribution in [1.82, 2.24) is 15.3 Å². The number of anilines is 1. The maximum Gasteiger partial charge on any atom is 0.326 e. The molecule has 0 aromatic carbocycles. The van der Waals surface area contributed by atoms with Gasteiger partial charge in [-0.2, -0.15) is 0 Å². The third-order valence-electron chi connectivity index (χ3n) is 4.80. The van der Waals surface area contributed by atoms with E-state index < -0.39 is 23.3 Å². The van der Waals surface area contributed by atoms with Gasteiger partial charge in [0, 0.05) is 30.2 Å². The number of carboxylic acids is 1. The SMILES string of the molecule is CC1(C)C(=O)C(Cl)=C1NC(Cc1ccc(NC(=O)c2c(Cl)cncc2Cl)cn1)C(=O)O. The number of halogens is 3. The standard InChI is InChI=1S/C20H17Cl3N4O4/c1-20(2)16(15(23)17(20)28)27-13(19(30)31)5-9-3-4-10(6-25-9)26-18(29)14-11(21)7-24-8-12(14)22/h3-4,6-8,13,27H,5H2,1-2H3,(H,26,29)(H,30,31). The number of nitrogens with one attached hydrogen (secondary N) is 2. The molecule has 1 aliphatic carbocycles. The van der Waals surface area contributed by atoms with Crippen LogP contribution in [0.4, 0.5) is 5.69 Å². The summed E-state index contributed by atoms with van der Waals surface area (Å²) in [5, 5.41) is 15.2. The van der Waals surface area contributed by atoms with Gasteiger partial charge in [-0.15, -0.1) is 0 Å². The number of pyridine rings is 2.